The molecule has 6 nitrogen and oxygen atoms in total. The zero-order valence-corrected chi connectivity index (χ0v) is 11.9. The van der Waals surface area contributed by atoms with E-state index in [-0.39, 0.29) is 23.8 Å². The number of benzene rings is 1. The molecule has 1 aromatic carbocycles. The van der Waals surface area contributed by atoms with Gasteiger partial charge in [0, 0.05) is 24.1 Å². The topological polar surface area (TPSA) is 88.8 Å². The van der Waals surface area contributed by atoms with Crippen LogP contribution in [0.3, 0.4) is 0 Å². The predicted molar refractivity (Wildman–Crippen MR) is 77.2 cm³/mol. The summed E-state index contributed by atoms with van der Waals surface area (Å²) in [5.41, 5.74) is 0.332. The van der Waals surface area contributed by atoms with E-state index in [2.05, 4.69) is 5.32 Å². The third-order valence-electron chi connectivity index (χ3n) is 2.78. The molecule has 0 spiro atoms. The lowest BCUT2D eigenvalue weighted by Gasteiger charge is -2.10. The van der Waals surface area contributed by atoms with Gasteiger partial charge in [-0.2, -0.15) is 0 Å². The second kappa shape index (κ2) is 6.30. The molecule has 0 radical (unpaired) electrons. The van der Waals surface area contributed by atoms with Crippen LogP contribution < -0.4 is 10.9 Å². The molecule has 0 aliphatic heterocycles. The van der Waals surface area contributed by atoms with Gasteiger partial charge in [-0.1, -0.05) is 13.8 Å². The van der Waals surface area contributed by atoms with Crippen LogP contribution in [0, 0.1) is 5.92 Å². The van der Waals surface area contributed by atoms with Crippen molar-refractivity contribution in [2.24, 2.45) is 5.92 Å². The van der Waals surface area contributed by atoms with Gasteiger partial charge in [-0.05, 0) is 23.6 Å². The van der Waals surface area contributed by atoms with Gasteiger partial charge >= 0.3 is 11.7 Å². The molecular weight excluding hydrogens is 274 g/mol. The van der Waals surface area contributed by atoms with Gasteiger partial charge in [-0.25, -0.2) is 9.59 Å². The first-order valence-corrected chi connectivity index (χ1v) is 6.62. The molecule has 0 atom stereocenters. The molecule has 1 heterocycles. The van der Waals surface area contributed by atoms with Crippen molar-refractivity contribution < 1.29 is 19.1 Å². The predicted octanol–water partition coefficient (Wildman–Crippen LogP) is 2.38. The molecule has 21 heavy (non-hydrogen) atoms. The quantitative estimate of drug-likeness (QED) is 0.844. The van der Waals surface area contributed by atoms with Gasteiger partial charge in [0.15, 0.2) is 0 Å². The number of fused-ring (bicyclic) bond motifs is 1. The minimum absolute atomic E-state index is 0.00658. The Morgan fingerprint density at radius 2 is 2.14 bits per heavy atom. The monoisotopic (exact) mass is 291 g/mol. The summed E-state index contributed by atoms with van der Waals surface area (Å²) in [5, 5.41) is 12.6. The zero-order chi connectivity index (χ0) is 15.4. The Morgan fingerprint density at radius 3 is 2.86 bits per heavy atom. The SMILES string of the molecule is CC(C)COC(=O)NCc1cc(=O)oc2cc(O)ccc12. The third-order valence-corrected chi connectivity index (χ3v) is 2.78. The van der Waals surface area contributed by atoms with Crippen LogP contribution in [-0.4, -0.2) is 17.8 Å². The van der Waals surface area contributed by atoms with Crippen LogP contribution in [0.4, 0.5) is 4.79 Å². The minimum Gasteiger partial charge on any atom is -0.508 e. The van der Waals surface area contributed by atoms with Crippen molar-refractivity contribution in [3.63, 3.8) is 0 Å². The number of ether oxygens (including phenoxy) is 1. The van der Waals surface area contributed by atoms with Crippen molar-refractivity contribution in [3.8, 4) is 5.75 Å². The normalized spacial score (nSPS) is 10.8. The molecule has 2 N–H and O–H groups in total. The van der Waals surface area contributed by atoms with E-state index < -0.39 is 11.7 Å². The highest BCUT2D eigenvalue weighted by Gasteiger charge is 2.09. The maximum absolute atomic E-state index is 11.5. The minimum atomic E-state index is -0.541. The molecule has 0 saturated carbocycles. The van der Waals surface area contributed by atoms with Gasteiger partial charge in [0.1, 0.15) is 11.3 Å². The number of carbonyl (C=O) groups is 1. The molecule has 2 aromatic rings. The molecule has 0 saturated heterocycles. The van der Waals surface area contributed by atoms with E-state index in [4.69, 9.17) is 9.15 Å². The fourth-order valence-electron chi connectivity index (χ4n) is 1.83. The van der Waals surface area contributed by atoms with E-state index in [0.717, 1.165) is 0 Å². The maximum atomic E-state index is 11.5. The van der Waals surface area contributed by atoms with Crippen LogP contribution in [0.2, 0.25) is 0 Å². The van der Waals surface area contributed by atoms with Crippen molar-refractivity contribution >= 4 is 17.1 Å². The van der Waals surface area contributed by atoms with Crippen LogP contribution in [0.15, 0.2) is 33.5 Å². The van der Waals surface area contributed by atoms with Crippen molar-refractivity contribution in [2.75, 3.05) is 6.61 Å². The molecule has 0 fully saturated rings. The molecule has 6 heteroatoms. The number of nitrogens with one attached hydrogen (secondary N) is 1. The molecule has 0 aliphatic carbocycles. The summed E-state index contributed by atoms with van der Waals surface area (Å²) >= 11 is 0. The molecular formula is C15H17NO5. The average molecular weight is 291 g/mol. The van der Waals surface area contributed by atoms with Gasteiger partial charge in [-0.3, -0.25) is 0 Å². The summed E-state index contributed by atoms with van der Waals surface area (Å²) in [6.07, 6.45) is -0.538. The Hall–Kier alpha value is -2.50. The van der Waals surface area contributed by atoms with Gasteiger partial charge < -0.3 is 19.6 Å². The fourth-order valence-corrected chi connectivity index (χ4v) is 1.83. The van der Waals surface area contributed by atoms with Crippen molar-refractivity contribution in [3.05, 3.63) is 40.2 Å². The summed E-state index contributed by atoms with van der Waals surface area (Å²) in [5.74, 6) is 0.260. The Bertz CT molecular complexity index is 705. The molecule has 2 rings (SSSR count). The molecule has 1 aromatic heterocycles. The van der Waals surface area contributed by atoms with E-state index in [1.807, 2.05) is 13.8 Å². The van der Waals surface area contributed by atoms with Crippen molar-refractivity contribution in [2.45, 2.75) is 20.4 Å². The summed E-state index contributed by atoms with van der Waals surface area (Å²) in [6, 6.07) is 5.78. The van der Waals surface area contributed by atoms with Crippen LogP contribution in [-0.2, 0) is 11.3 Å². The van der Waals surface area contributed by atoms with E-state index in [0.29, 0.717) is 17.6 Å². The first-order valence-electron chi connectivity index (χ1n) is 6.62. The third kappa shape index (κ3) is 3.98. The number of phenols is 1. The molecule has 0 aliphatic rings. The largest absolute Gasteiger partial charge is 0.508 e. The lowest BCUT2D eigenvalue weighted by Crippen LogP contribution is -2.25. The second-order valence-corrected chi connectivity index (χ2v) is 5.12. The number of carbonyl (C=O) groups excluding carboxylic acids is 1. The Balaban J connectivity index is 2.15. The van der Waals surface area contributed by atoms with Gasteiger partial charge in [-0.15, -0.1) is 0 Å². The Kier molecular flexibility index (Phi) is 4.47. The lowest BCUT2D eigenvalue weighted by molar-refractivity contribution is 0.132. The van der Waals surface area contributed by atoms with E-state index in [1.165, 1.54) is 18.2 Å². The summed E-state index contributed by atoms with van der Waals surface area (Å²) in [4.78, 5) is 23.0. The van der Waals surface area contributed by atoms with Crippen LogP contribution in [0.25, 0.3) is 11.0 Å². The van der Waals surface area contributed by atoms with E-state index in [9.17, 15) is 14.7 Å². The van der Waals surface area contributed by atoms with E-state index >= 15 is 0 Å². The lowest BCUT2D eigenvalue weighted by atomic mass is 10.1. The number of alkyl carbamates (subject to hydrolysis) is 1. The summed E-state index contributed by atoms with van der Waals surface area (Å²) in [6.45, 7) is 4.35. The number of hydrogen-bond acceptors (Lipinski definition) is 5. The van der Waals surface area contributed by atoms with Crippen LogP contribution in [0.1, 0.15) is 19.4 Å². The number of rotatable bonds is 4. The maximum Gasteiger partial charge on any atom is 0.407 e. The van der Waals surface area contributed by atoms with E-state index in [1.54, 1.807) is 6.07 Å². The number of aromatic hydroxyl groups is 1. The number of amides is 1. The Labute approximate surface area is 121 Å². The summed E-state index contributed by atoms with van der Waals surface area (Å²) in [7, 11) is 0. The second-order valence-electron chi connectivity index (χ2n) is 5.12. The highest BCUT2D eigenvalue weighted by atomic mass is 16.5. The van der Waals surface area contributed by atoms with Crippen molar-refractivity contribution in [1.29, 1.82) is 0 Å². The average Bonchev–Trinajstić information content (AvgIpc) is 2.41. The van der Waals surface area contributed by atoms with Gasteiger partial charge in [0.05, 0.1) is 6.61 Å². The standard InChI is InChI=1S/C15H17NO5/c1-9(2)8-20-15(19)16-7-10-5-14(18)21-13-6-11(17)3-4-12(10)13/h3-6,9,17H,7-8H2,1-2H3,(H,16,19). The number of phenolic OH excluding ortho intramolecular Hbond substituents is 1. The smallest absolute Gasteiger partial charge is 0.407 e. The van der Waals surface area contributed by atoms with Gasteiger partial charge in [0.2, 0.25) is 0 Å². The highest BCUT2D eigenvalue weighted by Crippen LogP contribution is 2.21. The molecule has 0 unspecified atom stereocenters. The van der Waals surface area contributed by atoms with Crippen LogP contribution in [0.5, 0.6) is 5.75 Å². The first-order chi connectivity index (χ1) is 9.95. The molecule has 1 amide bonds. The van der Waals surface area contributed by atoms with Crippen molar-refractivity contribution in [1.82, 2.24) is 5.32 Å². The highest BCUT2D eigenvalue weighted by molar-refractivity contribution is 5.81. The Morgan fingerprint density at radius 1 is 1.38 bits per heavy atom. The van der Waals surface area contributed by atoms with Crippen LogP contribution >= 0.6 is 0 Å². The molecule has 0 bridgehead atoms. The first kappa shape index (κ1) is 14.9. The molecule has 112 valence electrons. The van der Waals surface area contributed by atoms with Gasteiger partial charge in [0.25, 0.3) is 0 Å². The summed E-state index contributed by atoms with van der Waals surface area (Å²) < 4.78 is 10.0. The number of hydrogen-bond donors (Lipinski definition) is 2. The zero-order valence-electron chi connectivity index (χ0n) is 11.9. The fraction of sp³-hybridized carbons (Fsp3) is 0.333.